The lowest BCUT2D eigenvalue weighted by Gasteiger charge is -2.10. The lowest BCUT2D eigenvalue weighted by atomic mass is 9.97. The zero-order chi connectivity index (χ0) is 17.3. The van der Waals surface area contributed by atoms with E-state index in [2.05, 4.69) is 9.97 Å². The molecule has 3 rings (SSSR count). The second kappa shape index (κ2) is 6.75. The van der Waals surface area contributed by atoms with Gasteiger partial charge in [-0.2, -0.15) is 13.2 Å². The molecule has 10 heteroatoms. The Hall–Kier alpha value is -1.55. The number of rotatable bonds is 4. The maximum atomic E-state index is 12.1. The highest BCUT2D eigenvalue weighted by Crippen LogP contribution is 2.38. The van der Waals surface area contributed by atoms with E-state index in [1.807, 2.05) is 5.32 Å². The molecule has 0 atom stereocenters. The molecule has 0 unspecified atom stereocenters. The van der Waals surface area contributed by atoms with Crippen LogP contribution in [0.1, 0.15) is 23.3 Å². The van der Waals surface area contributed by atoms with Crippen molar-refractivity contribution >= 4 is 45.0 Å². The number of carbonyl (C=O) groups is 1. The quantitative estimate of drug-likeness (QED) is 0.633. The molecule has 130 valence electrons. The predicted molar refractivity (Wildman–Crippen MR) is 88.3 cm³/mol. The molecule has 0 saturated heterocycles. The smallest absolute Gasteiger partial charge is 0.383 e. The molecule has 0 aliphatic heterocycles. The number of aryl methyl sites for hydroxylation is 2. The number of nitrogen functional groups attached to an aromatic ring is 1. The van der Waals surface area contributed by atoms with Crippen molar-refractivity contribution in [1.29, 1.82) is 0 Å². The van der Waals surface area contributed by atoms with E-state index in [0.29, 0.717) is 11.0 Å². The third-order valence-corrected chi connectivity index (χ3v) is 5.67. The number of thioether (sulfide) groups is 1. The number of anilines is 1. The van der Waals surface area contributed by atoms with Crippen molar-refractivity contribution in [2.45, 2.75) is 37.0 Å². The minimum Gasteiger partial charge on any atom is -0.383 e. The lowest BCUT2D eigenvalue weighted by Crippen LogP contribution is -2.34. The fourth-order valence-corrected chi connectivity index (χ4v) is 4.62. The van der Waals surface area contributed by atoms with E-state index in [1.54, 1.807) is 11.3 Å². The molecule has 3 N–H and O–H groups in total. The van der Waals surface area contributed by atoms with Crippen LogP contribution in [0.2, 0.25) is 0 Å². The summed E-state index contributed by atoms with van der Waals surface area (Å²) < 4.78 is 36.2. The molecule has 2 aromatic heterocycles. The van der Waals surface area contributed by atoms with Gasteiger partial charge in [-0.1, -0.05) is 11.8 Å². The molecule has 2 heterocycles. The number of hydrogen-bond acceptors (Lipinski definition) is 6. The van der Waals surface area contributed by atoms with E-state index in [4.69, 9.17) is 5.73 Å². The minimum absolute atomic E-state index is 0.188. The van der Waals surface area contributed by atoms with Gasteiger partial charge in [0.15, 0.2) is 5.16 Å². The highest BCUT2D eigenvalue weighted by Gasteiger charge is 2.27. The Balaban J connectivity index is 1.71. The monoisotopic (exact) mass is 376 g/mol. The van der Waals surface area contributed by atoms with Crippen LogP contribution in [0, 0.1) is 0 Å². The van der Waals surface area contributed by atoms with Gasteiger partial charge in [0.1, 0.15) is 17.2 Å². The van der Waals surface area contributed by atoms with Crippen molar-refractivity contribution in [2.75, 3.05) is 18.0 Å². The molecule has 2 aromatic rings. The van der Waals surface area contributed by atoms with E-state index < -0.39 is 18.6 Å². The van der Waals surface area contributed by atoms with Crippen molar-refractivity contribution in [3.8, 4) is 0 Å². The zero-order valence-corrected chi connectivity index (χ0v) is 14.2. The van der Waals surface area contributed by atoms with Crippen LogP contribution in [0.4, 0.5) is 19.0 Å². The summed E-state index contributed by atoms with van der Waals surface area (Å²) in [6, 6.07) is 0. The van der Waals surface area contributed by atoms with Crippen LogP contribution in [-0.4, -0.2) is 34.3 Å². The third-order valence-electron chi connectivity index (χ3n) is 3.64. The molecule has 24 heavy (non-hydrogen) atoms. The van der Waals surface area contributed by atoms with Crippen LogP contribution in [0.15, 0.2) is 5.16 Å². The van der Waals surface area contributed by atoms with E-state index in [0.717, 1.165) is 47.7 Å². The summed E-state index contributed by atoms with van der Waals surface area (Å²) in [5.41, 5.74) is 7.26. The molecule has 0 aromatic carbocycles. The summed E-state index contributed by atoms with van der Waals surface area (Å²) in [6.07, 6.45) is -0.175. The Kier molecular flexibility index (Phi) is 4.86. The van der Waals surface area contributed by atoms with Gasteiger partial charge in [0.05, 0.1) is 11.1 Å². The fraction of sp³-hybridized carbons (Fsp3) is 0.500. The van der Waals surface area contributed by atoms with Crippen LogP contribution in [-0.2, 0) is 17.6 Å². The highest BCUT2D eigenvalue weighted by molar-refractivity contribution is 7.99. The number of nitrogens with two attached hydrogens (primary N) is 1. The van der Waals surface area contributed by atoms with Crippen molar-refractivity contribution in [2.24, 2.45) is 0 Å². The van der Waals surface area contributed by atoms with Crippen LogP contribution < -0.4 is 11.1 Å². The molecule has 5 nitrogen and oxygen atoms in total. The van der Waals surface area contributed by atoms with E-state index >= 15 is 0 Å². The van der Waals surface area contributed by atoms with Gasteiger partial charge in [0.2, 0.25) is 5.91 Å². The largest absolute Gasteiger partial charge is 0.405 e. The third kappa shape index (κ3) is 3.92. The normalized spacial score (nSPS) is 14.6. The fourth-order valence-electron chi connectivity index (χ4n) is 2.61. The summed E-state index contributed by atoms with van der Waals surface area (Å²) in [7, 11) is 0. The second-order valence-corrected chi connectivity index (χ2v) is 7.49. The van der Waals surface area contributed by atoms with Gasteiger partial charge in [-0.3, -0.25) is 4.79 Å². The van der Waals surface area contributed by atoms with Gasteiger partial charge < -0.3 is 11.1 Å². The summed E-state index contributed by atoms with van der Waals surface area (Å²) in [5.74, 6) is -0.533. The van der Waals surface area contributed by atoms with Gasteiger partial charge in [0.25, 0.3) is 0 Å². The number of halogens is 3. The molecule has 1 aliphatic carbocycles. The number of fused-ring (bicyclic) bond motifs is 3. The average molecular weight is 376 g/mol. The Morgan fingerprint density at radius 3 is 2.79 bits per heavy atom. The SMILES string of the molecule is Nc1nc(SCC(=O)NCC(F)(F)F)nc2sc3c(c12)CCCC3. The van der Waals surface area contributed by atoms with E-state index in [1.165, 1.54) is 10.4 Å². The summed E-state index contributed by atoms with van der Waals surface area (Å²) in [4.78, 5) is 22.1. The maximum absolute atomic E-state index is 12.1. The van der Waals surface area contributed by atoms with Crippen molar-refractivity contribution in [3.05, 3.63) is 10.4 Å². The summed E-state index contributed by atoms with van der Waals surface area (Å²) in [6.45, 7) is -1.34. The van der Waals surface area contributed by atoms with Crippen LogP contribution in [0.3, 0.4) is 0 Å². The maximum Gasteiger partial charge on any atom is 0.405 e. The Morgan fingerprint density at radius 2 is 2.04 bits per heavy atom. The molecule has 0 saturated carbocycles. The van der Waals surface area contributed by atoms with Gasteiger partial charge >= 0.3 is 6.18 Å². The Bertz CT molecular complexity index is 775. The number of hydrogen-bond donors (Lipinski definition) is 2. The molecule has 0 spiro atoms. The van der Waals surface area contributed by atoms with Gasteiger partial charge in [-0.15, -0.1) is 11.3 Å². The molecule has 1 aliphatic rings. The summed E-state index contributed by atoms with van der Waals surface area (Å²) >= 11 is 2.56. The number of nitrogens with zero attached hydrogens (tertiary/aromatic N) is 2. The summed E-state index contributed by atoms with van der Waals surface area (Å²) in [5, 5.41) is 3.01. The second-order valence-electron chi connectivity index (χ2n) is 5.46. The van der Waals surface area contributed by atoms with E-state index in [9.17, 15) is 18.0 Å². The van der Waals surface area contributed by atoms with Crippen LogP contribution >= 0.6 is 23.1 Å². The average Bonchev–Trinajstić information content (AvgIpc) is 2.89. The standard InChI is InChI=1S/C14H15F3N4OS2/c15-14(16,17)6-19-9(22)5-23-13-20-11(18)10-7-3-1-2-4-8(7)24-12(10)21-13/h1-6H2,(H,19,22)(H2,18,20,21). The molecule has 0 bridgehead atoms. The van der Waals surface area contributed by atoms with Gasteiger partial charge in [0, 0.05) is 4.88 Å². The van der Waals surface area contributed by atoms with Crippen molar-refractivity contribution < 1.29 is 18.0 Å². The Labute approximate surface area is 144 Å². The highest BCUT2D eigenvalue weighted by atomic mass is 32.2. The number of alkyl halides is 3. The van der Waals surface area contributed by atoms with Crippen molar-refractivity contribution in [1.82, 2.24) is 15.3 Å². The first-order chi connectivity index (χ1) is 11.3. The van der Waals surface area contributed by atoms with Crippen molar-refractivity contribution in [3.63, 3.8) is 0 Å². The minimum atomic E-state index is -4.42. The Morgan fingerprint density at radius 1 is 1.29 bits per heavy atom. The number of thiophene rings is 1. The van der Waals surface area contributed by atoms with Crippen LogP contribution in [0.25, 0.3) is 10.2 Å². The molecule has 1 amide bonds. The molecular formula is C14H15F3N4OS2. The number of amides is 1. The number of nitrogens with one attached hydrogen (secondary N) is 1. The molecule has 0 radical (unpaired) electrons. The van der Waals surface area contributed by atoms with E-state index in [-0.39, 0.29) is 5.75 Å². The molecule has 0 fully saturated rings. The first kappa shape index (κ1) is 17.3. The first-order valence-electron chi connectivity index (χ1n) is 7.37. The lowest BCUT2D eigenvalue weighted by molar-refractivity contribution is -0.136. The first-order valence-corrected chi connectivity index (χ1v) is 9.18. The molecular weight excluding hydrogens is 361 g/mol. The van der Waals surface area contributed by atoms with Gasteiger partial charge in [-0.05, 0) is 31.2 Å². The van der Waals surface area contributed by atoms with Gasteiger partial charge in [-0.25, -0.2) is 9.97 Å². The zero-order valence-electron chi connectivity index (χ0n) is 12.6. The topological polar surface area (TPSA) is 80.9 Å². The predicted octanol–water partition coefficient (Wildman–Crippen LogP) is 2.92. The number of carbonyl (C=O) groups excluding carboxylic acids is 1. The number of aromatic nitrogens is 2. The van der Waals surface area contributed by atoms with Crippen LogP contribution in [0.5, 0.6) is 0 Å².